The molecule has 0 aliphatic heterocycles. The lowest BCUT2D eigenvalue weighted by Crippen LogP contribution is -2.24. The van der Waals surface area contributed by atoms with Gasteiger partial charge in [0, 0.05) is 36.0 Å². The molecule has 206 valence electrons. The minimum absolute atomic E-state index is 0.111. The zero-order valence-corrected chi connectivity index (χ0v) is 22.0. The van der Waals surface area contributed by atoms with Gasteiger partial charge < -0.3 is 10.1 Å². The summed E-state index contributed by atoms with van der Waals surface area (Å²) in [5.74, 6) is 0.613. The number of fused-ring (bicyclic) bond motifs is 1. The van der Waals surface area contributed by atoms with Gasteiger partial charge in [0.15, 0.2) is 11.4 Å². The van der Waals surface area contributed by atoms with Crippen LogP contribution in [-0.4, -0.2) is 47.9 Å². The molecule has 4 aromatic rings. The van der Waals surface area contributed by atoms with Crippen LogP contribution in [0.5, 0.6) is 5.75 Å². The van der Waals surface area contributed by atoms with Crippen molar-refractivity contribution in [1.82, 2.24) is 34.7 Å². The fraction of sp³-hybridized carbons (Fsp3) is 0.500. The third-order valence-electron chi connectivity index (χ3n) is 7.18. The van der Waals surface area contributed by atoms with E-state index in [1.165, 1.54) is 0 Å². The van der Waals surface area contributed by atoms with Crippen molar-refractivity contribution in [3.63, 3.8) is 0 Å². The molecule has 39 heavy (non-hydrogen) atoms. The summed E-state index contributed by atoms with van der Waals surface area (Å²) in [5, 5.41) is 28.5. The first-order chi connectivity index (χ1) is 18.6. The lowest BCUT2D eigenvalue weighted by atomic mass is 9.86. The second-order valence-electron chi connectivity index (χ2n) is 10.3. The lowest BCUT2D eigenvalue weighted by molar-refractivity contribution is -0.142. The van der Waals surface area contributed by atoms with Gasteiger partial charge in [-0.3, -0.25) is 14.5 Å². The predicted molar refractivity (Wildman–Crippen MR) is 138 cm³/mol. The van der Waals surface area contributed by atoms with Crippen molar-refractivity contribution in [3.8, 4) is 23.1 Å². The topological polar surface area (TPSA) is 122 Å². The standard InChI is InChI=1S/C26H30F3N9O/c1-4-31-22-9-20-19(11-32-22)23(17-10-34-37(13-17)25(2,3)15-30)36-38(20)18-7-5-16(6-8-18)14-39-21-12-33-35-24(21)26(27,28)29/h9-13,16,18H,4-8,14H2,1-3H3,(H,31,32)(H,33,35). The van der Waals surface area contributed by atoms with E-state index in [0.29, 0.717) is 0 Å². The quantitative estimate of drug-likeness (QED) is 0.300. The van der Waals surface area contributed by atoms with Gasteiger partial charge in [0.05, 0.1) is 36.6 Å². The molecule has 1 saturated carbocycles. The first-order valence-electron chi connectivity index (χ1n) is 12.9. The van der Waals surface area contributed by atoms with E-state index in [9.17, 15) is 18.4 Å². The summed E-state index contributed by atoms with van der Waals surface area (Å²) in [7, 11) is 0. The highest BCUT2D eigenvalue weighted by Crippen LogP contribution is 2.39. The molecule has 4 aromatic heterocycles. The van der Waals surface area contributed by atoms with Gasteiger partial charge in [-0.05, 0) is 52.4 Å². The molecule has 0 radical (unpaired) electrons. The number of rotatable bonds is 8. The van der Waals surface area contributed by atoms with E-state index < -0.39 is 17.4 Å². The van der Waals surface area contributed by atoms with Crippen molar-refractivity contribution in [2.75, 3.05) is 18.5 Å². The van der Waals surface area contributed by atoms with Gasteiger partial charge in [-0.25, -0.2) is 4.98 Å². The van der Waals surface area contributed by atoms with Gasteiger partial charge in [0.1, 0.15) is 17.1 Å². The van der Waals surface area contributed by atoms with Gasteiger partial charge in [-0.15, -0.1) is 0 Å². The van der Waals surface area contributed by atoms with Gasteiger partial charge in [0.25, 0.3) is 0 Å². The van der Waals surface area contributed by atoms with E-state index in [2.05, 4.69) is 26.6 Å². The molecule has 0 saturated heterocycles. The third kappa shape index (κ3) is 5.28. The summed E-state index contributed by atoms with van der Waals surface area (Å²) in [6.45, 7) is 6.52. The summed E-state index contributed by atoms with van der Waals surface area (Å²) in [4.78, 5) is 4.55. The number of ether oxygens (including phenoxy) is 1. The van der Waals surface area contributed by atoms with Crippen LogP contribution in [-0.2, 0) is 11.7 Å². The van der Waals surface area contributed by atoms with Crippen molar-refractivity contribution < 1.29 is 17.9 Å². The van der Waals surface area contributed by atoms with E-state index in [-0.39, 0.29) is 24.3 Å². The lowest BCUT2D eigenvalue weighted by Gasteiger charge is -2.29. The summed E-state index contributed by atoms with van der Waals surface area (Å²) >= 11 is 0. The number of alkyl halides is 3. The maximum atomic E-state index is 13.1. The highest BCUT2D eigenvalue weighted by molar-refractivity contribution is 5.93. The van der Waals surface area contributed by atoms with Crippen LogP contribution < -0.4 is 10.1 Å². The molecule has 2 N–H and O–H groups in total. The minimum Gasteiger partial charge on any atom is -0.489 e. The number of anilines is 1. The predicted octanol–water partition coefficient (Wildman–Crippen LogP) is 5.54. The average molecular weight is 542 g/mol. The van der Waals surface area contributed by atoms with E-state index in [1.807, 2.05) is 35.2 Å². The van der Waals surface area contributed by atoms with Gasteiger partial charge in [0.2, 0.25) is 0 Å². The molecule has 1 aliphatic carbocycles. The second-order valence-corrected chi connectivity index (χ2v) is 10.3. The maximum absolute atomic E-state index is 13.1. The van der Waals surface area contributed by atoms with Gasteiger partial charge >= 0.3 is 6.18 Å². The molecule has 0 bridgehead atoms. The number of hydrogen-bond donors (Lipinski definition) is 2. The summed E-state index contributed by atoms with van der Waals surface area (Å²) in [5.41, 5.74) is 0.716. The van der Waals surface area contributed by atoms with Gasteiger partial charge in [-0.2, -0.15) is 33.7 Å². The number of nitriles is 1. The Morgan fingerprint density at radius 2 is 1.95 bits per heavy atom. The number of hydrogen-bond acceptors (Lipinski definition) is 7. The van der Waals surface area contributed by atoms with Crippen LogP contribution in [0.4, 0.5) is 19.0 Å². The van der Waals surface area contributed by atoms with E-state index >= 15 is 0 Å². The molecule has 0 amide bonds. The molecular formula is C26H30F3N9O. The Morgan fingerprint density at radius 1 is 1.18 bits per heavy atom. The number of H-pyrrole nitrogens is 1. The van der Waals surface area contributed by atoms with Crippen LogP contribution in [0.1, 0.15) is 58.2 Å². The molecule has 10 nitrogen and oxygen atoms in total. The van der Waals surface area contributed by atoms with Crippen molar-refractivity contribution in [3.05, 3.63) is 36.5 Å². The van der Waals surface area contributed by atoms with Crippen molar-refractivity contribution in [2.24, 2.45) is 5.92 Å². The number of aromatic nitrogens is 7. The van der Waals surface area contributed by atoms with Crippen LogP contribution in [0.3, 0.4) is 0 Å². The Hall–Kier alpha value is -4.08. The minimum atomic E-state index is -4.54. The number of aromatic amines is 1. The maximum Gasteiger partial charge on any atom is 0.436 e. The Morgan fingerprint density at radius 3 is 2.64 bits per heavy atom. The summed E-state index contributed by atoms with van der Waals surface area (Å²) < 4.78 is 48.5. The first kappa shape index (κ1) is 26.5. The molecule has 4 heterocycles. The number of pyridine rings is 1. The van der Waals surface area contributed by atoms with Crippen LogP contribution in [0.2, 0.25) is 0 Å². The summed E-state index contributed by atoms with van der Waals surface area (Å²) in [6.07, 6.45) is 5.07. The molecular weight excluding hydrogens is 511 g/mol. The van der Waals surface area contributed by atoms with Crippen molar-refractivity contribution in [1.29, 1.82) is 5.26 Å². The third-order valence-corrected chi connectivity index (χ3v) is 7.18. The monoisotopic (exact) mass is 541 g/mol. The molecule has 1 fully saturated rings. The molecule has 0 aromatic carbocycles. The van der Waals surface area contributed by atoms with E-state index in [0.717, 1.165) is 66.4 Å². The van der Waals surface area contributed by atoms with Gasteiger partial charge in [-0.1, -0.05) is 0 Å². The molecule has 0 spiro atoms. The van der Waals surface area contributed by atoms with Crippen molar-refractivity contribution in [2.45, 2.75) is 64.2 Å². The van der Waals surface area contributed by atoms with Crippen LogP contribution >= 0.6 is 0 Å². The zero-order valence-electron chi connectivity index (χ0n) is 22.0. The normalized spacial score (nSPS) is 18.3. The second kappa shape index (κ2) is 10.2. The largest absolute Gasteiger partial charge is 0.489 e. The van der Waals surface area contributed by atoms with E-state index in [1.54, 1.807) is 24.7 Å². The Bertz CT molecular complexity index is 1490. The fourth-order valence-corrected chi connectivity index (χ4v) is 4.95. The first-order valence-corrected chi connectivity index (χ1v) is 12.9. The Balaban J connectivity index is 1.36. The Labute approximate surface area is 223 Å². The number of halogens is 3. The molecule has 5 rings (SSSR count). The molecule has 0 unspecified atom stereocenters. The number of nitrogens with zero attached hydrogens (tertiary/aromatic N) is 7. The van der Waals surface area contributed by atoms with Crippen LogP contribution in [0, 0.1) is 17.2 Å². The fourth-order valence-electron chi connectivity index (χ4n) is 4.95. The van der Waals surface area contributed by atoms with E-state index in [4.69, 9.17) is 9.84 Å². The van der Waals surface area contributed by atoms with Crippen molar-refractivity contribution >= 4 is 16.7 Å². The van der Waals surface area contributed by atoms with Crippen LogP contribution in [0.25, 0.3) is 22.2 Å². The molecule has 1 aliphatic rings. The SMILES string of the molecule is CCNc1cc2c(cn1)c(-c1cnn(C(C)(C)C#N)c1)nn2C1CCC(COc2cn[nH]c2C(F)(F)F)CC1. The highest BCUT2D eigenvalue weighted by Gasteiger charge is 2.37. The smallest absolute Gasteiger partial charge is 0.436 e. The molecule has 13 heteroatoms. The number of nitrogens with one attached hydrogen (secondary N) is 2. The highest BCUT2D eigenvalue weighted by atomic mass is 19.4. The van der Waals surface area contributed by atoms with Crippen LogP contribution in [0.15, 0.2) is 30.9 Å². The molecule has 0 atom stereocenters. The average Bonchev–Trinajstić information content (AvgIpc) is 3.66. The zero-order chi connectivity index (χ0) is 27.8. The summed E-state index contributed by atoms with van der Waals surface area (Å²) in [6, 6.07) is 4.36. The Kier molecular flexibility index (Phi) is 6.96.